The van der Waals surface area contributed by atoms with Crippen molar-refractivity contribution in [3.63, 3.8) is 0 Å². The molecule has 0 aromatic heterocycles. The van der Waals surface area contributed by atoms with Crippen molar-refractivity contribution in [2.45, 2.75) is 0 Å². The molecule has 1 aliphatic rings. The van der Waals surface area contributed by atoms with Gasteiger partial charge in [0.1, 0.15) is 0 Å². The van der Waals surface area contributed by atoms with E-state index < -0.39 is 13.8 Å². The fourth-order valence-electron chi connectivity index (χ4n) is 6.56. The van der Waals surface area contributed by atoms with Gasteiger partial charge in [0.15, 0.2) is 0 Å². The van der Waals surface area contributed by atoms with Crippen LogP contribution in [0.3, 0.4) is 0 Å². The van der Waals surface area contributed by atoms with Crippen LogP contribution >= 0.6 is 13.8 Å². The van der Waals surface area contributed by atoms with Gasteiger partial charge < -0.3 is 0 Å². The average molecular weight is 605 g/mol. The van der Waals surface area contributed by atoms with Crippen LogP contribution < -0.4 is 31.8 Å². The standard InChI is InChI=1S/C40H30O2P2/c41-37-39(43(31-19-7-1-8-20-31,32-21-9-2-10-22-32)33-23-11-3-12-24-33)38(42)40(37)44(34-25-13-4-14-26-34,35-27-15-5-16-28-35)36-29-17-6-18-30-36/h1-30H. The van der Waals surface area contributed by atoms with E-state index in [1.165, 1.54) is 0 Å². The Bertz CT molecular complexity index is 1690. The zero-order chi connectivity index (χ0) is 30.0. The molecule has 0 amide bonds. The maximum absolute atomic E-state index is 15.3. The minimum atomic E-state index is -2.84. The van der Waals surface area contributed by atoms with Crippen molar-refractivity contribution in [1.29, 1.82) is 0 Å². The minimum absolute atomic E-state index is 0.121. The third-order valence-corrected chi connectivity index (χ3v) is 17.0. The molecule has 0 radical (unpaired) electrons. The van der Waals surface area contributed by atoms with Crippen LogP contribution in [0.25, 0.3) is 0 Å². The minimum Gasteiger partial charge on any atom is -0.288 e. The highest BCUT2D eigenvalue weighted by molar-refractivity contribution is 8.04. The molecule has 0 N–H and O–H groups in total. The predicted octanol–water partition coefficient (Wildman–Crippen LogP) is 5.47. The van der Waals surface area contributed by atoms with Gasteiger partial charge in [-0.15, -0.1) is 0 Å². The van der Waals surface area contributed by atoms with Crippen molar-refractivity contribution in [3.8, 4) is 0 Å². The molecule has 6 aromatic carbocycles. The first-order chi connectivity index (χ1) is 21.7. The highest BCUT2D eigenvalue weighted by atomic mass is 31.2. The van der Waals surface area contributed by atoms with E-state index in [-0.39, 0.29) is 11.6 Å². The van der Waals surface area contributed by atoms with E-state index in [2.05, 4.69) is 72.8 Å². The van der Waals surface area contributed by atoms with Crippen molar-refractivity contribution in [2.24, 2.45) is 0 Å². The zero-order valence-corrected chi connectivity index (χ0v) is 25.8. The lowest BCUT2D eigenvalue weighted by Gasteiger charge is -2.40. The zero-order valence-electron chi connectivity index (χ0n) is 24.0. The molecule has 0 atom stereocenters. The smallest absolute Gasteiger partial charge is 0.203 e. The Balaban J connectivity index is 1.69. The first kappa shape index (κ1) is 28.1. The van der Waals surface area contributed by atoms with Gasteiger partial charge in [0.2, 0.25) is 11.6 Å². The van der Waals surface area contributed by atoms with Gasteiger partial charge in [0.25, 0.3) is 0 Å². The Kier molecular flexibility index (Phi) is 7.49. The Hall–Kier alpha value is -4.74. The summed E-state index contributed by atoms with van der Waals surface area (Å²) in [6.45, 7) is -5.67. The fraction of sp³-hybridized carbons (Fsp3) is 0. The summed E-state index contributed by atoms with van der Waals surface area (Å²) in [5, 5.41) is 6.79. The van der Waals surface area contributed by atoms with Crippen molar-refractivity contribution < 1.29 is 9.59 Å². The number of Topliss-reactive ketones (excluding diaryl/α,β-unsaturated/α-hetero) is 2. The monoisotopic (exact) mass is 604 g/mol. The summed E-state index contributed by atoms with van der Waals surface area (Å²) in [6.07, 6.45) is 0. The molecule has 0 aliphatic heterocycles. The molecule has 0 bridgehead atoms. The number of carbonyl (C=O) groups excluding carboxylic acids is 2. The van der Waals surface area contributed by atoms with E-state index in [9.17, 15) is 0 Å². The van der Waals surface area contributed by atoms with Gasteiger partial charge in [0.05, 0.1) is 10.6 Å². The van der Waals surface area contributed by atoms with E-state index in [0.29, 0.717) is 10.6 Å². The van der Waals surface area contributed by atoms with Gasteiger partial charge in [-0.3, -0.25) is 9.59 Å². The summed E-state index contributed by atoms with van der Waals surface area (Å²) in [5.74, 6) is -0.241. The first-order valence-electron chi connectivity index (χ1n) is 14.7. The number of benzene rings is 6. The van der Waals surface area contributed by atoms with Crippen LogP contribution in [0.5, 0.6) is 0 Å². The number of carbonyl (C=O) groups is 2. The van der Waals surface area contributed by atoms with Gasteiger partial charge in [-0.1, -0.05) is 182 Å². The SMILES string of the molecule is O=C1C(=P(c2ccccc2)(c2ccccc2)c2ccccc2)C(=O)C1=P(c1ccccc1)(c1ccccc1)c1ccccc1. The van der Waals surface area contributed by atoms with Gasteiger partial charge >= 0.3 is 0 Å². The number of hydrogen-bond donors (Lipinski definition) is 0. The molecule has 1 fully saturated rings. The Morgan fingerprint density at radius 2 is 0.409 bits per heavy atom. The topological polar surface area (TPSA) is 34.1 Å². The van der Waals surface area contributed by atoms with E-state index >= 15 is 9.59 Å². The highest BCUT2D eigenvalue weighted by Gasteiger charge is 2.52. The van der Waals surface area contributed by atoms with Crippen molar-refractivity contribution in [3.05, 3.63) is 182 Å². The molecule has 44 heavy (non-hydrogen) atoms. The Labute approximate surface area is 258 Å². The van der Waals surface area contributed by atoms with Gasteiger partial charge in [-0.05, 0) is 45.6 Å². The summed E-state index contributed by atoms with van der Waals surface area (Å²) in [7, 11) is 0. The summed E-state index contributed by atoms with van der Waals surface area (Å²) in [6, 6.07) is 60.9. The summed E-state index contributed by atoms with van der Waals surface area (Å²) in [4.78, 5) is 30.5. The molecule has 0 unspecified atom stereocenters. The molecule has 6 aromatic rings. The maximum atomic E-state index is 15.3. The molecule has 2 nitrogen and oxygen atoms in total. The number of rotatable bonds is 6. The average Bonchev–Trinajstić information content (AvgIpc) is 3.11. The van der Waals surface area contributed by atoms with Gasteiger partial charge in [-0.2, -0.15) is 0 Å². The van der Waals surface area contributed by atoms with Gasteiger partial charge in [-0.25, -0.2) is 0 Å². The second-order valence-corrected chi connectivity index (χ2v) is 17.4. The molecular weight excluding hydrogens is 574 g/mol. The summed E-state index contributed by atoms with van der Waals surface area (Å²) < 4.78 is 0. The van der Waals surface area contributed by atoms with Crippen molar-refractivity contribution in [1.82, 2.24) is 0 Å². The van der Waals surface area contributed by atoms with Crippen LogP contribution in [0.1, 0.15) is 0 Å². The molecule has 0 spiro atoms. The largest absolute Gasteiger partial charge is 0.288 e. The van der Waals surface area contributed by atoms with Crippen LogP contribution in [0.15, 0.2) is 182 Å². The number of ketones is 2. The van der Waals surface area contributed by atoms with Crippen LogP contribution in [0.4, 0.5) is 0 Å². The van der Waals surface area contributed by atoms with Crippen molar-refractivity contribution in [2.75, 3.05) is 0 Å². The second-order valence-electron chi connectivity index (χ2n) is 10.7. The molecule has 1 saturated carbocycles. The molecule has 0 heterocycles. The molecule has 212 valence electrons. The first-order valence-corrected chi connectivity index (χ1v) is 18.2. The summed E-state index contributed by atoms with van der Waals surface area (Å²) >= 11 is 0. The van der Waals surface area contributed by atoms with Crippen LogP contribution in [0, 0.1) is 0 Å². The van der Waals surface area contributed by atoms with E-state index in [1.807, 2.05) is 109 Å². The third kappa shape index (κ3) is 4.26. The Morgan fingerprint density at radius 3 is 0.568 bits per heavy atom. The molecular formula is C40H30O2P2. The normalized spacial score (nSPS) is 13.5. The fourth-order valence-corrected chi connectivity index (χ4v) is 15.5. The van der Waals surface area contributed by atoms with Crippen molar-refractivity contribution >= 4 is 67.8 Å². The van der Waals surface area contributed by atoms with Crippen LogP contribution in [-0.4, -0.2) is 22.2 Å². The molecule has 0 saturated heterocycles. The van der Waals surface area contributed by atoms with Gasteiger partial charge in [0, 0.05) is 0 Å². The van der Waals surface area contributed by atoms with E-state index in [0.717, 1.165) is 31.8 Å². The molecule has 1 aliphatic carbocycles. The van der Waals surface area contributed by atoms with E-state index in [1.54, 1.807) is 0 Å². The molecule has 4 heteroatoms. The maximum Gasteiger partial charge on any atom is 0.203 e. The third-order valence-electron chi connectivity index (χ3n) is 8.39. The highest BCUT2D eigenvalue weighted by Crippen LogP contribution is 2.53. The number of hydrogen-bond acceptors (Lipinski definition) is 2. The second kappa shape index (κ2) is 11.7. The lowest BCUT2D eigenvalue weighted by atomic mass is 9.96. The van der Waals surface area contributed by atoms with Crippen LogP contribution in [-0.2, 0) is 9.59 Å². The Morgan fingerprint density at radius 1 is 0.250 bits per heavy atom. The predicted molar refractivity (Wildman–Crippen MR) is 190 cm³/mol. The quantitative estimate of drug-likeness (QED) is 0.237. The van der Waals surface area contributed by atoms with Crippen LogP contribution in [0.2, 0.25) is 0 Å². The molecule has 7 rings (SSSR count). The summed E-state index contributed by atoms with van der Waals surface area (Å²) in [5.41, 5.74) is 0. The van der Waals surface area contributed by atoms with E-state index in [4.69, 9.17) is 0 Å². The lowest BCUT2D eigenvalue weighted by Crippen LogP contribution is -2.56. The lowest BCUT2D eigenvalue weighted by molar-refractivity contribution is -0.115.